The van der Waals surface area contributed by atoms with Gasteiger partial charge in [0.1, 0.15) is 5.65 Å². The summed E-state index contributed by atoms with van der Waals surface area (Å²) < 4.78 is 0. The van der Waals surface area contributed by atoms with Crippen molar-refractivity contribution >= 4 is 16.9 Å². The van der Waals surface area contributed by atoms with Crippen LogP contribution >= 0.6 is 0 Å². The quantitative estimate of drug-likeness (QED) is 0.774. The second-order valence-electron chi connectivity index (χ2n) is 6.93. The van der Waals surface area contributed by atoms with Crippen LogP contribution in [0.2, 0.25) is 0 Å². The van der Waals surface area contributed by atoms with Crippen molar-refractivity contribution < 1.29 is 4.79 Å². The maximum atomic E-state index is 12.9. The average Bonchev–Trinajstić information content (AvgIpc) is 3.12. The number of H-pyrrole nitrogens is 1. The second kappa shape index (κ2) is 6.71. The van der Waals surface area contributed by atoms with Gasteiger partial charge < -0.3 is 9.88 Å². The van der Waals surface area contributed by atoms with Crippen molar-refractivity contribution in [1.29, 1.82) is 0 Å². The molecule has 4 nitrogen and oxygen atoms in total. The SMILES string of the molecule is CN(C(=O)c1c[nH]c2ncccc12)C1CCC(c2ccccc2)CC1. The molecule has 1 amide bonds. The molecule has 0 aliphatic heterocycles. The Morgan fingerprint density at radius 2 is 1.84 bits per heavy atom. The average molecular weight is 333 g/mol. The molecule has 1 fully saturated rings. The predicted octanol–water partition coefficient (Wildman–Crippen LogP) is 4.36. The highest BCUT2D eigenvalue weighted by molar-refractivity contribution is 6.05. The van der Waals surface area contributed by atoms with Crippen LogP contribution in [0.15, 0.2) is 54.9 Å². The molecule has 0 unspecified atom stereocenters. The molecule has 128 valence electrons. The zero-order valence-corrected chi connectivity index (χ0v) is 14.5. The Morgan fingerprint density at radius 1 is 1.08 bits per heavy atom. The van der Waals surface area contributed by atoms with Crippen LogP contribution in [-0.4, -0.2) is 33.9 Å². The highest BCUT2D eigenvalue weighted by Crippen LogP contribution is 2.35. The molecule has 1 N–H and O–H groups in total. The van der Waals surface area contributed by atoms with Gasteiger partial charge >= 0.3 is 0 Å². The summed E-state index contributed by atoms with van der Waals surface area (Å²) in [5.41, 5.74) is 2.92. The van der Waals surface area contributed by atoms with Crippen molar-refractivity contribution in [2.24, 2.45) is 0 Å². The van der Waals surface area contributed by atoms with Gasteiger partial charge in [-0.05, 0) is 49.3 Å². The maximum absolute atomic E-state index is 12.9. The molecule has 4 rings (SSSR count). The predicted molar refractivity (Wildman–Crippen MR) is 99.6 cm³/mol. The van der Waals surface area contributed by atoms with Crippen LogP contribution in [0, 0.1) is 0 Å². The molecule has 1 aliphatic rings. The van der Waals surface area contributed by atoms with Crippen molar-refractivity contribution in [2.45, 2.75) is 37.6 Å². The topological polar surface area (TPSA) is 49.0 Å². The molecule has 0 atom stereocenters. The van der Waals surface area contributed by atoms with E-state index in [0.717, 1.165) is 42.3 Å². The molecule has 1 saturated carbocycles. The van der Waals surface area contributed by atoms with Crippen LogP contribution in [0.5, 0.6) is 0 Å². The van der Waals surface area contributed by atoms with Gasteiger partial charge in [-0.2, -0.15) is 0 Å². The summed E-state index contributed by atoms with van der Waals surface area (Å²) in [6, 6.07) is 14.9. The molecule has 2 heterocycles. The first-order valence-electron chi connectivity index (χ1n) is 8.98. The molecule has 0 radical (unpaired) electrons. The van der Waals surface area contributed by atoms with Gasteiger partial charge in [0.2, 0.25) is 0 Å². The molecule has 4 heteroatoms. The third-order valence-electron chi connectivity index (χ3n) is 5.52. The normalized spacial score (nSPS) is 20.5. The minimum atomic E-state index is 0.0856. The van der Waals surface area contributed by atoms with Crippen LogP contribution in [0.4, 0.5) is 0 Å². The number of fused-ring (bicyclic) bond motifs is 1. The lowest BCUT2D eigenvalue weighted by Crippen LogP contribution is -2.39. The third-order valence-corrected chi connectivity index (χ3v) is 5.52. The van der Waals surface area contributed by atoms with Crippen molar-refractivity contribution in [1.82, 2.24) is 14.9 Å². The van der Waals surface area contributed by atoms with Gasteiger partial charge in [-0.3, -0.25) is 4.79 Å². The Hall–Kier alpha value is -2.62. The van der Waals surface area contributed by atoms with E-state index in [1.165, 1.54) is 5.56 Å². The standard InChI is InChI=1S/C21H23N3O/c1-24(21(25)19-14-23-20-18(19)8-5-13-22-20)17-11-9-16(10-12-17)15-6-3-2-4-7-15/h2-8,13-14,16-17H,9-12H2,1H3,(H,22,23). The summed E-state index contributed by atoms with van der Waals surface area (Å²) >= 11 is 0. The molecule has 0 spiro atoms. The highest BCUT2D eigenvalue weighted by atomic mass is 16.2. The summed E-state index contributed by atoms with van der Waals surface area (Å²) in [7, 11) is 1.94. The van der Waals surface area contributed by atoms with E-state index in [9.17, 15) is 4.79 Å². The first kappa shape index (κ1) is 15.9. The van der Waals surface area contributed by atoms with Crippen molar-refractivity contribution in [3.8, 4) is 0 Å². The molecule has 0 saturated heterocycles. The lowest BCUT2D eigenvalue weighted by Gasteiger charge is -2.35. The monoisotopic (exact) mass is 333 g/mol. The fourth-order valence-electron chi connectivity index (χ4n) is 4.01. The molecule has 1 aromatic carbocycles. The van der Waals surface area contributed by atoms with Gasteiger partial charge in [-0.25, -0.2) is 4.98 Å². The van der Waals surface area contributed by atoms with Gasteiger partial charge in [0.05, 0.1) is 5.56 Å². The Bertz CT molecular complexity index is 863. The van der Waals surface area contributed by atoms with Gasteiger partial charge in [0.25, 0.3) is 5.91 Å². The summed E-state index contributed by atoms with van der Waals surface area (Å²) in [5, 5.41) is 0.900. The number of nitrogens with one attached hydrogen (secondary N) is 1. The Balaban J connectivity index is 1.45. The molecule has 0 bridgehead atoms. The molecule has 1 aliphatic carbocycles. The first-order valence-corrected chi connectivity index (χ1v) is 8.98. The lowest BCUT2D eigenvalue weighted by molar-refractivity contribution is 0.0691. The van der Waals surface area contributed by atoms with Crippen LogP contribution < -0.4 is 0 Å². The zero-order valence-electron chi connectivity index (χ0n) is 14.5. The fraction of sp³-hybridized carbons (Fsp3) is 0.333. The number of aromatic nitrogens is 2. The number of carbonyl (C=O) groups is 1. The largest absolute Gasteiger partial charge is 0.345 e. The lowest BCUT2D eigenvalue weighted by atomic mass is 9.81. The number of rotatable bonds is 3. The second-order valence-corrected chi connectivity index (χ2v) is 6.93. The number of hydrogen-bond acceptors (Lipinski definition) is 2. The molecule has 2 aromatic heterocycles. The summed E-state index contributed by atoms with van der Waals surface area (Å²) in [6.45, 7) is 0. The van der Waals surface area contributed by atoms with Gasteiger partial charge in [0.15, 0.2) is 0 Å². The number of aromatic amines is 1. The first-order chi connectivity index (χ1) is 12.2. The maximum Gasteiger partial charge on any atom is 0.256 e. The van der Waals surface area contributed by atoms with Crippen molar-refractivity contribution in [3.63, 3.8) is 0 Å². The van der Waals surface area contributed by atoms with E-state index in [1.807, 2.05) is 24.1 Å². The molecule has 3 aromatic rings. The molecule has 25 heavy (non-hydrogen) atoms. The number of carbonyl (C=O) groups excluding carboxylic acids is 1. The zero-order chi connectivity index (χ0) is 17.2. The summed E-state index contributed by atoms with van der Waals surface area (Å²) in [4.78, 5) is 22.2. The van der Waals surface area contributed by atoms with Crippen LogP contribution in [0.25, 0.3) is 11.0 Å². The number of hydrogen-bond donors (Lipinski definition) is 1. The third kappa shape index (κ3) is 3.04. The van der Waals surface area contributed by atoms with E-state index in [1.54, 1.807) is 12.4 Å². The molecular formula is C21H23N3O. The minimum absolute atomic E-state index is 0.0856. The Morgan fingerprint density at radius 3 is 2.60 bits per heavy atom. The van der Waals surface area contributed by atoms with E-state index in [4.69, 9.17) is 0 Å². The van der Waals surface area contributed by atoms with Gasteiger partial charge in [0, 0.05) is 30.9 Å². The smallest absolute Gasteiger partial charge is 0.256 e. The van der Waals surface area contributed by atoms with E-state index in [2.05, 4.69) is 40.3 Å². The van der Waals surface area contributed by atoms with E-state index in [-0.39, 0.29) is 5.91 Å². The van der Waals surface area contributed by atoms with E-state index >= 15 is 0 Å². The van der Waals surface area contributed by atoms with Gasteiger partial charge in [-0.15, -0.1) is 0 Å². The van der Waals surface area contributed by atoms with E-state index in [0.29, 0.717) is 12.0 Å². The summed E-state index contributed by atoms with van der Waals surface area (Å²) in [6.07, 6.45) is 7.92. The highest BCUT2D eigenvalue weighted by Gasteiger charge is 2.28. The number of amides is 1. The number of nitrogens with zero attached hydrogens (tertiary/aromatic N) is 2. The Labute approximate surface area is 147 Å². The number of pyridine rings is 1. The Kier molecular flexibility index (Phi) is 4.26. The van der Waals surface area contributed by atoms with Crippen LogP contribution in [0.1, 0.15) is 47.5 Å². The van der Waals surface area contributed by atoms with Crippen molar-refractivity contribution in [3.05, 3.63) is 66.0 Å². The number of benzene rings is 1. The minimum Gasteiger partial charge on any atom is -0.345 e. The fourth-order valence-corrected chi connectivity index (χ4v) is 4.01. The van der Waals surface area contributed by atoms with Gasteiger partial charge in [-0.1, -0.05) is 30.3 Å². The van der Waals surface area contributed by atoms with Crippen molar-refractivity contribution in [2.75, 3.05) is 7.05 Å². The van der Waals surface area contributed by atoms with E-state index < -0.39 is 0 Å². The summed E-state index contributed by atoms with van der Waals surface area (Å²) in [5.74, 6) is 0.709. The van der Waals surface area contributed by atoms with Crippen LogP contribution in [-0.2, 0) is 0 Å². The van der Waals surface area contributed by atoms with Crippen LogP contribution in [0.3, 0.4) is 0 Å². The molecular weight excluding hydrogens is 310 g/mol.